The van der Waals surface area contributed by atoms with E-state index in [-0.39, 0.29) is 16.2 Å². The molecule has 0 bridgehead atoms. The Bertz CT molecular complexity index is 1390. The number of allylic oxidation sites excluding steroid dienone is 7. The Morgan fingerprint density at radius 2 is 1.04 bits per heavy atom. The van der Waals surface area contributed by atoms with Gasteiger partial charge in [-0.15, -0.1) is 0 Å². The molecular formula is C43H58O3. The molecule has 10 atom stereocenters. The molecule has 0 N–H and O–H groups in total. The van der Waals surface area contributed by atoms with Crippen molar-refractivity contribution in [3.8, 4) is 0 Å². The van der Waals surface area contributed by atoms with Crippen molar-refractivity contribution < 1.29 is 14.4 Å². The summed E-state index contributed by atoms with van der Waals surface area (Å²) in [7, 11) is 0. The molecule has 0 aliphatic heterocycles. The van der Waals surface area contributed by atoms with E-state index in [4.69, 9.17) is 0 Å². The van der Waals surface area contributed by atoms with Crippen LogP contribution in [0.15, 0.2) is 58.7 Å². The lowest BCUT2D eigenvalue weighted by atomic mass is 9.47. The van der Waals surface area contributed by atoms with Crippen molar-refractivity contribution in [2.24, 2.45) is 57.2 Å². The average molecular weight is 623 g/mol. The van der Waals surface area contributed by atoms with E-state index in [2.05, 4.69) is 53.3 Å². The Kier molecular flexibility index (Phi) is 7.81. The number of rotatable bonds is 0. The van der Waals surface area contributed by atoms with E-state index in [0.29, 0.717) is 46.9 Å². The fraction of sp³-hybridized carbons (Fsp3) is 0.698. The molecule has 8 aliphatic rings. The van der Waals surface area contributed by atoms with Crippen LogP contribution in [0.1, 0.15) is 131 Å². The molecule has 0 spiro atoms. The largest absolute Gasteiger partial charge is 0.295 e. The number of hydrogen-bond acceptors (Lipinski definition) is 3. The molecule has 248 valence electrons. The third kappa shape index (κ3) is 4.52. The summed E-state index contributed by atoms with van der Waals surface area (Å²) >= 11 is 0. The van der Waals surface area contributed by atoms with E-state index in [9.17, 15) is 14.4 Å². The summed E-state index contributed by atoms with van der Waals surface area (Å²) in [5.41, 5.74) is 7.89. The number of hydrogen-bond donors (Lipinski definition) is 0. The lowest BCUT2D eigenvalue weighted by Crippen LogP contribution is -2.49. The molecule has 8 rings (SSSR count). The van der Waals surface area contributed by atoms with Gasteiger partial charge in [-0.25, -0.2) is 0 Å². The standard InChI is InChI=1S/C22H30O.C21H28O2/c1-5-18-14(2)12-20-17-7-6-15-13-16(23)8-10-21(15,3)19(17)9-11-22(18,20)4;1-4-16-19(23)12-18-15-6-5-13-11-14(22)7-9-20(13,2)17(15)8-10-21(16,18)3/h5,13,17,19-20H,2,6-12H2,1,3-4H3;4,11,15,17-18H,5-10,12H2,1-3H3/b18-5+;16-4-/t17?,19?,20?,21-,22+;/m0./s1. The normalized spacial score (nSPS) is 47.9. The number of carbonyl (C=O) groups excluding carboxylic acids is 3. The maximum Gasteiger partial charge on any atom is 0.159 e. The van der Waals surface area contributed by atoms with Gasteiger partial charge in [0.15, 0.2) is 17.3 Å². The second kappa shape index (κ2) is 11.1. The van der Waals surface area contributed by atoms with Crippen LogP contribution >= 0.6 is 0 Å². The fourth-order valence-electron chi connectivity index (χ4n) is 13.6. The molecule has 8 aliphatic carbocycles. The highest BCUT2D eigenvalue weighted by Gasteiger charge is 2.60. The second-order valence-corrected chi connectivity index (χ2v) is 17.7. The molecule has 6 fully saturated rings. The van der Waals surface area contributed by atoms with Crippen molar-refractivity contribution in [2.75, 3.05) is 0 Å². The summed E-state index contributed by atoms with van der Waals surface area (Å²) in [6, 6.07) is 0. The molecule has 0 saturated heterocycles. The zero-order chi connectivity index (χ0) is 32.8. The van der Waals surface area contributed by atoms with Gasteiger partial charge >= 0.3 is 0 Å². The zero-order valence-electron chi connectivity index (χ0n) is 29.6. The maximum atomic E-state index is 12.5. The van der Waals surface area contributed by atoms with Crippen LogP contribution < -0.4 is 0 Å². The Morgan fingerprint density at radius 3 is 1.52 bits per heavy atom. The molecule has 3 nitrogen and oxygen atoms in total. The third-order valence-corrected chi connectivity index (χ3v) is 16.1. The highest BCUT2D eigenvalue weighted by molar-refractivity contribution is 5.99. The summed E-state index contributed by atoms with van der Waals surface area (Å²) in [6.07, 6.45) is 23.6. The Balaban J connectivity index is 0.000000147. The van der Waals surface area contributed by atoms with Crippen LogP contribution in [0.25, 0.3) is 0 Å². The van der Waals surface area contributed by atoms with E-state index in [1.54, 1.807) is 5.57 Å². The molecule has 3 heteroatoms. The van der Waals surface area contributed by atoms with Crippen LogP contribution in [-0.4, -0.2) is 17.3 Å². The fourth-order valence-corrected chi connectivity index (χ4v) is 13.6. The maximum absolute atomic E-state index is 12.5. The van der Waals surface area contributed by atoms with Crippen LogP contribution in [0, 0.1) is 57.2 Å². The van der Waals surface area contributed by atoms with Gasteiger partial charge in [-0.2, -0.15) is 0 Å². The minimum atomic E-state index is 0.106. The first kappa shape index (κ1) is 32.3. The lowest BCUT2D eigenvalue weighted by molar-refractivity contribution is -0.118. The van der Waals surface area contributed by atoms with Crippen molar-refractivity contribution in [1.82, 2.24) is 0 Å². The first-order valence-corrected chi connectivity index (χ1v) is 18.8. The summed E-state index contributed by atoms with van der Waals surface area (Å²) in [5, 5.41) is 0. The van der Waals surface area contributed by atoms with Crippen molar-refractivity contribution in [3.05, 3.63) is 58.7 Å². The van der Waals surface area contributed by atoms with Gasteiger partial charge in [-0.1, -0.05) is 63.1 Å². The lowest BCUT2D eigenvalue weighted by Gasteiger charge is -2.57. The van der Waals surface area contributed by atoms with Gasteiger partial charge in [-0.3, -0.25) is 14.4 Å². The number of fused-ring (bicyclic) bond motifs is 10. The van der Waals surface area contributed by atoms with Gasteiger partial charge in [0.25, 0.3) is 0 Å². The molecule has 0 radical (unpaired) electrons. The Hall–Kier alpha value is -2.29. The van der Waals surface area contributed by atoms with Crippen molar-refractivity contribution in [1.29, 1.82) is 0 Å². The first-order chi connectivity index (χ1) is 21.8. The number of ketones is 3. The zero-order valence-corrected chi connectivity index (χ0v) is 29.6. The monoisotopic (exact) mass is 622 g/mol. The third-order valence-electron chi connectivity index (χ3n) is 16.1. The van der Waals surface area contributed by atoms with Gasteiger partial charge in [0.2, 0.25) is 0 Å². The minimum absolute atomic E-state index is 0.106. The molecule has 0 aromatic carbocycles. The summed E-state index contributed by atoms with van der Waals surface area (Å²) in [6.45, 7) is 18.3. The van der Waals surface area contributed by atoms with Crippen molar-refractivity contribution in [3.63, 3.8) is 0 Å². The van der Waals surface area contributed by atoms with Gasteiger partial charge < -0.3 is 0 Å². The van der Waals surface area contributed by atoms with Gasteiger partial charge in [0, 0.05) is 19.3 Å². The van der Waals surface area contributed by atoms with Crippen LogP contribution in [0.3, 0.4) is 0 Å². The first-order valence-electron chi connectivity index (χ1n) is 18.8. The van der Waals surface area contributed by atoms with Crippen LogP contribution in [0.5, 0.6) is 0 Å². The number of Topliss-reactive ketones (excluding diaryl/α,β-unsaturated/α-hetero) is 1. The molecule has 0 aromatic heterocycles. The number of carbonyl (C=O) groups is 3. The molecule has 0 heterocycles. The van der Waals surface area contributed by atoms with Crippen LogP contribution in [-0.2, 0) is 14.4 Å². The minimum Gasteiger partial charge on any atom is -0.295 e. The summed E-state index contributed by atoms with van der Waals surface area (Å²) in [5.74, 6) is 5.29. The summed E-state index contributed by atoms with van der Waals surface area (Å²) in [4.78, 5) is 36.3. The molecule has 8 unspecified atom stereocenters. The predicted octanol–water partition coefficient (Wildman–Crippen LogP) is 10.3. The second-order valence-electron chi connectivity index (χ2n) is 17.7. The Morgan fingerprint density at radius 1 is 0.587 bits per heavy atom. The van der Waals surface area contributed by atoms with Crippen LogP contribution in [0.4, 0.5) is 0 Å². The van der Waals surface area contributed by atoms with E-state index in [1.807, 2.05) is 19.1 Å². The smallest absolute Gasteiger partial charge is 0.159 e. The van der Waals surface area contributed by atoms with E-state index in [1.165, 1.54) is 55.2 Å². The van der Waals surface area contributed by atoms with Gasteiger partial charge in [0.05, 0.1) is 0 Å². The Labute approximate surface area is 278 Å². The average Bonchev–Trinajstić information content (AvgIpc) is 3.44. The molecular weight excluding hydrogens is 564 g/mol. The predicted molar refractivity (Wildman–Crippen MR) is 186 cm³/mol. The van der Waals surface area contributed by atoms with Gasteiger partial charge in [0.1, 0.15) is 0 Å². The SMILES string of the molecule is C/C=C1/C(=O)CC2C3CCC4=CC(=O)CCC4(C)C3CCC12C.C=C1CC2C3CCC4=CC(=O)CC[C@]4(C)C3CC[C@]2(C)/C1=C/C. The van der Waals surface area contributed by atoms with Crippen molar-refractivity contribution in [2.45, 2.75) is 131 Å². The molecule has 0 aromatic rings. The highest BCUT2D eigenvalue weighted by Crippen LogP contribution is 2.68. The quantitative estimate of drug-likeness (QED) is 0.253. The topological polar surface area (TPSA) is 51.2 Å². The molecule has 0 amide bonds. The van der Waals surface area contributed by atoms with E-state index in [0.717, 1.165) is 68.3 Å². The molecule has 6 saturated carbocycles. The highest BCUT2D eigenvalue weighted by atomic mass is 16.1. The van der Waals surface area contributed by atoms with Crippen molar-refractivity contribution >= 4 is 17.3 Å². The van der Waals surface area contributed by atoms with Crippen LogP contribution in [0.2, 0.25) is 0 Å². The van der Waals surface area contributed by atoms with Gasteiger partial charge in [-0.05, 0) is 165 Å². The molecule has 46 heavy (non-hydrogen) atoms. The summed E-state index contributed by atoms with van der Waals surface area (Å²) < 4.78 is 0. The van der Waals surface area contributed by atoms with E-state index >= 15 is 0 Å². The van der Waals surface area contributed by atoms with E-state index < -0.39 is 0 Å².